The summed E-state index contributed by atoms with van der Waals surface area (Å²) in [5.74, 6) is -0.0231. The molecular weight excluding hydrogens is 290 g/mol. The number of carbonyl (C=O) groups is 2. The van der Waals surface area contributed by atoms with E-state index in [0.29, 0.717) is 6.54 Å². The first-order valence-electron chi connectivity index (χ1n) is 7.03. The molecule has 1 atom stereocenters. The molecule has 2 rings (SSSR count). The van der Waals surface area contributed by atoms with Gasteiger partial charge in [-0.15, -0.1) is 12.4 Å². The van der Waals surface area contributed by atoms with Gasteiger partial charge in [-0.05, 0) is 37.1 Å². The molecular formula is C15H22ClN3O2. The number of halogens is 1. The van der Waals surface area contributed by atoms with Crippen LogP contribution in [0.25, 0.3) is 0 Å². The summed E-state index contributed by atoms with van der Waals surface area (Å²) in [5, 5.41) is 8.88. The van der Waals surface area contributed by atoms with E-state index < -0.39 is 0 Å². The number of piperidine rings is 1. The third-order valence-corrected chi connectivity index (χ3v) is 3.37. The fourth-order valence-corrected chi connectivity index (χ4v) is 2.30. The molecule has 5 nitrogen and oxygen atoms in total. The molecule has 116 valence electrons. The minimum Gasteiger partial charge on any atom is -0.351 e. The maximum atomic E-state index is 12.0. The maximum absolute atomic E-state index is 12.0. The molecule has 0 aromatic heterocycles. The fourth-order valence-electron chi connectivity index (χ4n) is 2.30. The zero-order valence-electron chi connectivity index (χ0n) is 12.1. The van der Waals surface area contributed by atoms with Gasteiger partial charge in [-0.25, -0.2) is 0 Å². The van der Waals surface area contributed by atoms with E-state index in [1.165, 1.54) is 6.92 Å². The van der Waals surface area contributed by atoms with E-state index in [1.54, 1.807) is 0 Å². The van der Waals surface area contributed by atoms with Crippen molar-refractivity contribution in [2.45, 2.75) is 38.8 Å². The average Bonchev–Trinajstić information content (AvgIpc) is 2.46. The van der Waals surface area contributed by atoms with Crippen molar-refractivity contribution in [2.24, 2.45) is 0 Å². The Hall–Kier alpha value is -1.59. The van der Waals surface area contributed by atoms with Gasteiger partial charge in [-0.2, -0.15) is 0 Å². The lowest BCUT2D eigenvalue weighted by atomic mass is 10.0. The summed E-state index contributed by atoms with van der Waals surface area (Å²) < 4.78 is 0. The molecule has 0 aliphatic carbocycles. The molecule has 0 radical (unpaired) electrons. The number of nitrogens with one attached hydrogen (secondary N) is 3. The minimum atomic E-state index is -0.0885. The second kappa shape index (κ2) is 8.64. The van der Waals surface area contributed by atoms with Gasteiger partial charge in [-0.3, -0.25) is 9.59 Å². The number of carbonyl (C=O) groups excluding carboxylic acids is 2. The molecule has 0 saturated carbocycles. The first-order chi connectivity index (χ1) is 9.65. The van der Waals surface area contributed by atoms with Gasteiger partial charge in [0.1, 0.15) is 0 Å². The third-order valence-electron chi connectivity index (χ3n) is 3.37. The topological polar surface area (TPSA) is 70.2 Å². The first kappa shape index (κ1) is 17.5. The van der Waals surface area contributed by atoms with Crippen molar-refractivity contribution < 1.29 is 9.59 Å². The van der Waals surface area contributed by atoms with E-state index in [4.69, 9.17) is 0 Å². The van der Waals surface area contributed by atoms with Crippen molar-refractivity contribution in [3.8, 4) is 0 Å². The number of rotatable bonds is 4. The second-order valence-electron chi connectivity index (χ2n) is 5.10. The summed E-state index contributed by atoms with van der Waals surface area (Å²) in [7, 11) is 0. The highest BCUT2D eigenvalue weighted by molar-refractivity contribution is 5.88. The Bertz CT molecular complexity index is 470. The van der Waals surface area contributed by atoms with E-state index in [-0.39, 0.29) is 30.3 Å². The summed E-state index contributed by atoms with van der Waals surface area (Å²) in [6.07, 6.45) is 3.16. The lowest BCUT2D eigenvalue weighted by molar-refractivity contribution is -0.123. The van der Waals surface area contributed by atoms with Crippen LogP contribution in [0.15, 0.2) is 24.3 Å². The van der Waals surface area contributed by atoms with Crippen LogP contribution in [-0.4, -0.2) is 24.4 Å². The standard InChI is InChI=1S/C15H21N3O2.ClH/c1-11(19)18-13-7-5-12(6-8-13)10-17-15(20)14-4-2-3-9-16-14;/h5-8,14,16H,2-4,9-10H2,1H3,(H,17,20)(H,18,19);1H. The van der Waals surface area contributed by atoms with Gasteiger partial charge in [0.15, 0.2) is 0 Å². The molecule has 6 heteroatoms. The van der Waals surface area contributed by atoms with Crippen LogP contribution >= 0.6 is 12.4 Å². The summed E-state index contributed by atoms with van der Waals surface area (Å²) in [6, 6.07) is 7.42. The fraction of sp³-hybridized carbons (Fsp3) is 0.467. The Morgan fingerprint density at radius 1 is 1.24 bits per heavy atom. The Balaban J connectivity index is 0.00000220. The average molecular weight is 312 g/mol. The molecule has 1 fully saturated rings. The summed E-state index contributed by atoms with van der Waals surface area (Å²) in [6.45, 7) is 2.91. The van der Waals surface area contributed by atoms with Crippen LogP contribution in [0.2, 0.25) is 0 Å². The highest BCUT2D eigenvalue weighted by Gasteiger charge is 2.19. The summed E-state index contributed by atoms with van der Waals surface area (Å²) in [4.78, 5) is 22.9. The zero-order valence-corrected chi connectivity index (χ0v) is 13.0. The molecule has 0 spiro atoms. The molecule has 21 heavy (non-hydrogen) atoms. The zero-order chi connectivity index (χ0) is 14.4. The van der Waals surface area contributed by atoms with Crippen molar-refractivity contribution in [3.05, 3.63) is 29.8 Å². The van der Waals surface area contributed by atoms with Gasteiger partial charge in [0.2, 0.25) is 11.8 Å². The molecule has 1 saturated heterocycles. The van der Waals surface area contributed by atoms with E-state index in [9.17, 15) is 9.59 Å². The molecule has 2 amide bonds. The molecule has 1 aromatic carbocycles. The Kier molecular flexibility index (Phi) is 7.19. The maximum Gasteiger partial charge on any atom is 0.237 e. The Labute approximate surface area is 131 Å². The van der Waals surface area contributed by atoms with Crippen LogP contribution in [0.1, 0.15) is 31.7 Å². The lowest BCUT2D eigenvalue weighted by Gasteiger charge is -2.22. The number of amides is 2. The molecule has 1 heterocycles. The number of benzene rings is 1. The Morgan fingerprint density at radius 3 is 2.52 bits per heavy atom. The van der Waals surface area contributed by atoms with Crippen molar-refractivity contribution in [1.29, 1.82) is 0 Å². The van der Waals surface area contributed by atoms with Crippen LogP contribution in [0, 0.1) is 0 Å². The molecule has 0 bridgehead atoms. The molecule has 1 aromatic rings. The normalized spacial score (nSPS) is 17.5. The third kappa shape index (κ3) is 5.73. The van der Waals surface area contributed by atoms with Gasteiger partial charge >= 0.3 is 0 Å². The minimum absolute atomic E-state index is 0. The summed E-state index contributed by atoms with van der Waals surface area (Å²) in [5.41, 5.74) is 1.78. The molecule has 3 N–H and O–H groups in total. The van der Waals surface area contributed by atoms with E-state index >= 15 is 0 Å². The number of anilines is 1. The highest BCUT2D eigenvalue weighted by atomic mass is 35.5. The predicted octanol–water partition coefficient (Wildman–Crippen LogP) is 1.83. The van der Waals surface area contributed by atoms with Gasteiger partial charge < -0.3 is 16.0 Å². The van der Waals surface area contributed by atoms with Crippen LogP contribution in [0.4, 0.5) is 5.69 Å². The van der Waals surface area contributed by atoms with Crippen molar-refractivity contribution >= 4 is 29.9 Å². The first-order valence-corrected chi connectivity index (χ1v) is 7.03. The van der Waals surface area contributed by atoms with Crippen LogP contribution in [-0.2, 0) is 16.1 Å². The number of hydrogen-bond acceptors (Lipinski definition) is 3. The molecule has 1 aliphatic rings. The van der Waals surface area contributed by atoms with E-state index in [2.05, 4.69) is 16.0 Å². The monoisotopic (exact) mass is 311 g/mol. The van der Waals surface area contributed by atoms with Gasteiger partial charge in [-0.1, -0.05) is 18.6 Å². The van der Waals surface area contributed by atoms with E-state index in [0.717, 1.165) is 37.1 Å². The van der Waals surface area contributed by atoms with Gasteiger partial charge in [0.05, 0.1) is 6.04 Å². The van der Waals surface area contributed by atoms with Crippen molar-refractivity contribution in [1.82, 2.24) is 10.6 Å². The van der Waals surface area contributed by atoms with Crippen molar-refractivity contribution in [2.75, 3.05) is 11.9 Å². The van der Waals surface area contributed by atoms with Crippen LogP contribution in [0.5, 0.6) is 0 Å². The predicted molar refractivity (Wildman–Crippen MR) is 85.5 cm³/mol. The van der Waals surface area contributed by atoms with Gasteiger partial charge in [0, 0.05) is 19.2 Å². The quantitative estimate of drug-likeness (QED) is 0.794. The van der Waals surface area contributed by atoms with E-state index in [1.807, 2.05) is 24.3 Å². The van der Waals surface area contributed by atoms with Crippen molar-refractivity contribution in [3.63, 3.8) is 0 Å². The molecule has 1 unspecified atom stereocenters. The SMILES string of the molecule is CC(=O)Nc1ccc(CNC(=O)C2CCCCN2)cc1.Cl. The second-order valence-corrected chi connectivity index (χ2v) is 5.10. The largest absolute Gasteiger partial charge is 0.351 e. The highest BCUT2D eigenvalue weighted by Crippen LogP contribution is 2.10. The summed E-state index contributed by atoms with van der Waals surface area (Å²) >= 11 is 0. The van der Waals surface area contributed by atoms with Crippen LogP contribution in [0.3, 0.4) is 0 Å². The Morgan fingerprint density at radius 2 is 1.95 bits per heavy atom. The van der Waals surface area contributed by atoms with Crippen LogP contribution < -0.4 is 16.0 Å². The lowest BCUT2D eigenvalue weighted by Crippen LogP contribution is -2.46. The van der Waals surface area contributed by atoms with Gasteiger partial charge in [0.25, 0.3) is 0 Å². The molecule has 1 aliphatic heterocycles. The smallest absolute Gasteiger partial charge is 0.237 e. The number of hydrogen-bond donors (Lipinski definition) is 3.